The smallest absolute Gasteiger partial charge is 0.124 e. The fraction of sp³-hybridized carbons (Fsp3) is 0.625. The largest absolute Gasteiger partial charge is 0.490 e. The molecule has 0 saturated carbocycles. The van der Waals surface area contributed by atoms with E-state index >= 15 is 0 Å². The molecule has 2 nitrogen and oxygen atoms in total. The maximum Gasteiger partial charge on any atom is 0.124 e. The van der Waals surface area contributed by atoms with Crippen LogP contribution in [0.25, 0.3) is 0 Å². The van der Waals surface area contributed by atoms with E-state index in [0.29, 0.717) is 18.1 Å². The second-order valence-corrected chi connectivity index (χ2v) is 6.18. The predicted molar refractivity (Wildman–Crippen MR) is 83.7 cm³/mol. The number of rotatable bonds is 5. The van der Waals surface area contributed by atoms with Gasteiger partial charge < -0.3 is 10.1 Å². The van der Waals surface area contributed by atoms with Crippen LogP contribution in [-0.2, 0) is 0 Å². The quantitative estimate of drug-likeness (QED) is 0.848. The van der Waals surface area contributed by atoms with Crippen LogP contribution in [0.1, 0.15) is 51.6 Å². The molecule has 0 aromatic heterocycles. The lowest BCUT2D eigenvalue weighted by atomic mass is 9.87. The molecule has 2 unspecified atom stereocenters. The Morgan fingerprint density at radius 1 is 1.32 bits per heavy atom. The molecule has 2 rings (SSSR count). The zero-order valence-electron chi connectivity index (χ0n) is 12.1. The molecule has 106 valence electrons. The summed E-state index contributed by atoms with van der Waals surface area (Å²) in [7, 11) is 0. The van der Waals surface area contributed by atoms with E-state index < -0.39 is 0 Å². The zero-order valence-corrected chi connectivity index (χ0v) is 13.7. The molecule has 0 saturated heterocycles. The first kappa shape index (κ1) is 14.9. The summed E-state index contributed by atoms with van der Waals surface area (Å²) in [4.78, 5) is 0. The first-order chi connectivity index (χ1) is 9.19. The van der Waals surface area contributed by atoms with E-state index in [1.165, 1.54) is 18.4 Å². The van der Waals surface area contributed by atoms with E-state index in [1.807, 2.05) is 0 Å². The topological polar surface area (TPSA) is 21.3 Å². The van der Waals surface area contributed by atoms with E-state index in [9.17, 15) is 0 Å². The van der Waals surface area contributed by atoms with Crippen LogP contribution in [0.5, 0.6) is 5.75 Å². The molecular weight excluding hydrogens is 302 g/mol. The Balaban J connectivity index is 2.27. The third-order valence-electron chi connectivity index (χ3n) is 4.12. The fourth-order valence-electron chi connectivity index (χ4n) is 3.01. The van der Waals surface area contributed by atoms with Crippen molar-refractivity contribution in [2.24, 2.45) is 5.92 Å². The lowest BCUT2D eigenvalue weighted by Gasteiger charge is -2.36. The van der Waals surface area contributed by atoms with E-state index in [0.717, 1.165) is 23.2 Å². The molecule has 1 aliphatic rings. The summed E-state index contributed by atoms with van der Waals surface area (Å²) < 4.78 is 7.37. The Morgan fingerprint density at radius 3 is 2.68 bits per heavy atom. The Labute approximate surface area is 125 Å². The normalized spacial score (nSPS) is 22.2. The van der Waals surface area contributed by atoms with Crippen LogP contribution in [0, 0.1) is 5.92 Å². The highest BCUT2D eigenvalue weighted by molar-refractivity contribution is 9.10. The van der Waals surface area contributed by atoms with Crippen molar-refractivity contribution in [1.82, 2.24) is 5.32 Å². The van der Waals surface area contributed by atoms with Gasteiger partial charge in [-0.3, -0.25) is 0 Å². The van der Waals surface area contributed by atoms with Gasteiger partial charge in [0.05, 0.1) is 0 Å². The molecule has 1 aliphatic heterocycles. The molecule has 1 aromatic rings. The number of hydrogen-bond acceptors (Lipinski definition) is 2. The monoisotopic (exact) mass is 325 g/mol. The van der Waals surface area contributed by atoms with Crippen LogP contribution in [0.3, 0.4) is 0 Å². The molecule has 2 atom stereocenters. The van der Waals surface area contributed by atoms with Crippen LogP contribution in [-0.4, -0.2) is 12.6 Å². The number of halogens is 1. The molecule has 0 fully saturated rings. The van der Waals surface area contributed by atoms with Crippen molar-refractivity contribution in [3.63, 3.8) is 0 Å². The van der Waals surface area contributed by atoms with Gasteiger partial charge in [-0.25, -0.2) is 0 Å². The number of benzene rings is 1. The molecule has 0 spiro atoms. The molecule has 3 heteroatoms. The van der Waals surface area contributed by atoms with Crippen LogP contribution in [0.15, 0.2) is 22.7 Å². The average Bonchev–Trinajstić information content (AvgIpc) is 2.41. The number of hydrogen-bond donors (Lipinski definition) is 1. The van der Waals surface area contributed by atoms with Crippen molar-refractivity contribution in [2.75, 3.05) is 6.54 Å². The lowest BCUT2D eigenvalue weighted by Crippen LogP contribution is -2.37. The standard InChI is InChI=1S/C16H24BrNO/c1-4-11(5-2)16-10-14(18-6-3)13-9-12(17)7-8-15(13)19-16/h7-9,11,14,16,18H,4-6,10H2,1-3H3. The second kappa shape index (κ2) is 6.76. The van der Waals surface area contributed by atoms with Crippen LogP contribution in [0.4, 0.5) is 0 Å². The first-order valence-electron chi connectivity index (χ1n) is 7.39. The highest BCUT2D eigenvalue weighted by Gasteiger charge is 2.31. The third kappa shape index (κ3) is 3.32. The first-order valence-corrected chi connectivity index (χ1v) is 8.18. The molecular formula is C16H24BrNO. The van der Waals surface area contributed by atoms with Crippen molar-refractivity contribution in [3.05, 3.63) is 28.2 Å². The van der Waals surface area contributed by atoms with Crippen molar-refractivity contribution in [1.29, 1.82) is 0 Å². The van der Waals surface area contributed by atoms with E-state index in [2.05, 4.69) is 60.2 Å². The summed E-state index contributed by atoms with van der Waals surface area (Å²) in [6.07, 6.45) is 3.79. The van der Waals surface area contributed by atoms with Gasteiger partial charge in [0.2, 0.25) is 0 Å². The Morgan fingerprint density at radius 2 is 2.05 bits per heavy atom. The highest BCUT2D eigenvalue weighted by Crippen LogP contribution is 2.39. The van der Waals surface area contributed by atoms with Gasteiger partial charge in [-0.2, -0.15) is 0 Å². The van der Waals surface area contributed by atoms with Crippen molar-refractivity contribution in [2.45, 2.75) is 52.2 Å². The van der Waals surface area contributed by atoms with E-state index in [1.54, 1.807) is 0 Å². The summed E-state index contributed by atoms with van der Waals surface area (Å²) in [5, 5.41) is 3.60. The predicted octanol–water partition coefficient (Wildman–Crippen LogP) is 4.69. The second-order valence-electron chi connectivity index (χ2n) is 5.26. The van der Waals surface area contributed by atoms with Gasteiger partial charge in [0.15, 0.2) is 0 Å². The summed E-state index contributed by atoms with van der Waals surface area (Å²) in [5.74, 6) is 1.70. The number of fused-ring (bicyclic) bond motifs is 1. The van der Waals surface area contributed by atoms with E-state index in [-0.39, 0.29) is 0 Å². The van der Waals surface area contributed by atoms with Crippen molar-refractivity contribution >= 4 is 15.9 Å². The minimum absolute atomic E-state index is 0.340. The van der Waals surface area contributed by atoms with Crippen LogP contribution < -0.4 is 10.1 Å². The molecule has 1 heterocycles. The maximum absolute atomic E-state index is 6.25. The summed E-state index contributed by atoms with van der Waals surface area (Å²) >= 11 is 3.56. The molecule has 0 bridgehead atoms. The summed E-state index contributed by atoms with van der Waals surface area (Å²) in [6, 6.07) is 6.76. The highest BCUT2D eigenvalue weighted by atomic mass is 79.9. The molecule has 1 N–H and O–H groups in total. The van der Waals surface area contributed by atoms with Gasteiger partial charge in [0, 0.05) is 22.5 Å². The van der Waals surface area contributed by atoms with Crippen LogP contribution in [0.2, 0.25) is 0 Å². The number of nitrogens with one attached hydrogen (secondary N) is 1. The van der Waals surface area contributed by atoms with Gasteiger partial charge in [0.1, 0.15) is 11.9 Å². The lowest BCUT2D eigenvalue weighted by molar-refractivity contribution is 0.0882. The maximum atomic E-state index is 6.25. The fourth-order valence-corrected chi connectivity index (χ4v) is 3.39. The average molecular weight is 326 g/mol. The van der Waals surface area contributed by atoms with Gasteiger partial charge in [0.25, 0.3) is 0 Å². The third-order valence-corrected chi connectivity index (χ3v) is 4.61. The molecule has 0 amide bonds. The Hall–Kier alpha value is -0.540. The van der Waals surface area contributed by atoms with Gasteiger partial charge >= 0.3 is 0 Å². The van der Waals surface area contributed by atoms with Crippen molar-refractivity contribution in [3.8, 4) is 5.75 Å². The summed E-state index contributed by atoms with van der Waals surface area (Å²) in [6.45, 7) is 7.68. The minimum atomic E-state index is 0.340. The molecule has 1 aromatic carbocycles. The van der Waals surface area contributed by atoms with E-state index in [4.69, 9.17) is 4.74 Å². The SMILES string of the molecule is CCNC1CC(C(CC)CC)Oc2ccc(Br)cc21. The zero-order chi connectivity index (χ0) is 13.8. The Bertz CT molecular complexity index is 417. The van der Waals surface area contributed by atoms with Crippen LogP contribution >= 0.6 is 15.9 Å². The number of ether oxygens (including phenoxy) is 1. The molecule has 0 aliphatic carbocycles. The summed E-state index contributed by atoms with van der Waals surface area (Å²) in [5.41, 5.74) is 1.29. The van der Waals surface area contributed by atoms with Crippen molar-refractivity contribution < 1.29 is 4.74 Å². The molecule has 19 heavy (non-hydrogen) atoms. The van der Waals surface area contributed by atoms with Gasteiger partial charge in [-0.05, 0) is 43.5 Å². The molecule has 0 radical (unpaired) electrons. The van der Waals surface area contributed by atoms with Gasteiger partial charge in [-0.15, -0.1) is 0 Å². The minimum Gasteiger partial charge on any atom is -0.490 e. The van der Waals surface area contributed by atoms with Gasteiger partial charge in [-0.1, -0.05) is 36.7 Å². The Kier molecular flexibility index (Phi) is 5.28.